The van der Waals surface area contributed by atoms with Gasteiger partial charge in [0.25, 0.3) is 5.91 Å². The average molecular weight is 350 g/mol. The Bertz CT molecular complexity index is 872. The van der Waals surface area contributed by atoms with E-state index in [1.165, 1.54) is 16.9 Å². The number of anilines is 1. The fourth-order valence-electron chi connectivity index (χ4n) is 2.48. The van der Waals surface area contributed by atoms with Crippen molar-refractivity contribution in [2.45, 2.75) is 33.1 Å². The number of rotatable bonds is 3. The average Bonchev–Trinajstić information content (AvgIpc) is 3.03. The molecule has 0 radical (unpaired) electrons. The van der Waals surface area contributed by atoms with Gasteiger partial charge >= 0.3 is 0 Å². The molecule has 0 unspecified atom stereocenters. The number of aryl methyl sites for hydroxylation is 1. The van der Waals surface area contributed by atoms with Crippen molar-refractivity contribution in [3.63, 3.8) is 0 Å². The van der Waals surface area contributed by atoms with Gasteiger partial charge in [-0.2, -0.15) is 0 Å². The monoisotopic (exact) mass is 350 g/mol. The van der Waals surface area contributed by atoms with Gasteiger partial charge in [-0.3, -0.25) is 10.1 Å². The summed E-state index contributed by atoms with van der Waals surface area (Å²) in [7, 11) is 0. The standard InChI is InChI=1S/C21H22N2OS/c1-14-5-7-16(8-6-14)19(24)23-20-22-18(13-25-20)15-9-11-17(12-10-15)21(2,3)4/h5-13H,1-4H3,(H,22,23,24). The minimum Gasteiger partial charge on any atom is -0.298 e. The van der Waals surface area contributed by atoms with Crippen molar-refractivity contribution in [2.75, 3.05) is 5.32 Å². The lowest BCUT2D eigenvalue weighted by atomic mass is 9.86. The minimum atomic E-state index is -0.135. The van der Waals surface area contributed by atoms with Crippen LogP contribution < -0.4 is 5.32 Å². The van der Waals surface area contributed by atoms with Gasteiger partial charge in [-0.25, -0.2) is 4.98 Å². The van der Waals surface area contributed by atoms with Gasteiger partial charge in [-0.1, -0.05) is 62.7 Å². The van der Waals surface area contributed by atoms with E-state index in [4.69, 9.17) is 0 Å². The Morgan fingerprint density at radius 1 is 1.00 bits per heavy atom. The van der Waals surface area contributed by atoms with Gasteiger partial charge < -0.3 is 0 Å². The van der Waals surface area contributed by atoms with Crippen molar-refractivity contribution in [1.82, 2.24) is 4.98 Å². The predicted molar refractivity (Wildman–Crippen MR) is 105 cm³/mol. The number of aromatic nitrogens is 1. The van der Waals surface area contributed by atoms with Gasteiger partial charge in [0.1, 0.15) is 0 Å². The first-order chi connectivity index (χ1) is 11.8. The van der Waals surface area contributed by atoms with Crippen LogP contribution in [0.4, 0.5) is 5.13 Å². The maximum atomic E-state index is 12.3. The summed E-state index contributed by atoms with van der Waals surface area (Å²) in [6.45, 7) is 8.59. The Balaban J connectivity index is 1.74. The highest BCUT2D eigenvalue weighted by molar-refractivity contribution is 7.14. The number of benzene rings is 2. The molecule has 0 aliphatic carbocycles. The van der Waals surface area contributed by atoms with Crippen molar-refractivity contribution in [3.05, 3.63) is 70.6 Å². The Hall–Kier alpha value is -2.46. The molecule has 3 rings (SSSR count). The van der Waals surface area contributed by atoms with Crippen LogP contribution in [0.15, 0.2) is 53.9 Å². The lowest BCUT2D eigenvalue weighted by molar-refractivity contribution is 0.102. The molecule has 0 fully saturated rings. The van der Waals surface area contributed by atoms with Gasteiger partial charge in [0, 0.05) is 16.5 Å². The number of nitrogens with zero attached hydrogens (tertiary/aromatic N) is 1. The smallest absolute Gasteiger partial charge is 0.257 e. The maximum Gasteiger partial charge on any atom is 0.257 e. The highest BCUT2D eigenvalue weighted by Crippen LogP contribution is 2.28. The zero-order valence-corrected chi connectivity index (χ0v) is 15.8. The number of nitrogens with one attached hydrogen (secondary N) is 1. The summed E-state index contributed by atoms with van der Waals surface area (Å²) < 4.78 is 0. The van der Waals surface area contributed by atoms with Crippen molar-refractivity contribution < 1.29 is 4.79 Å². The third-order valence-corrected chi connectivity index (χ3v) is 4.84. The number of thiazole rings is 1. The van der Waals surface area contributed by atoms with Crippen LogP contribution >= 0.6 is 11.3 Å². The van der Waals surface area contributed by atoms with Gasteiger partial charge in [0.2, 0.25) is 0 Å². The second-order valence-corrected chi connectivity index (χ2v) is 8.04. The van der Waals surface area contributed by atoms with Crippen LogP contribution in [0.5, 0.6) is 0 Å². The number of amides is 1. The third-order valence-electron chi connectivity index (χ3n) is 4.09. The molecule has 0 aliphatic rings. The molecule has 0 saturated heterocycles. The molecule has 0 bridgehead atoms. The molecule has 0 saturated carbocycles. The maximum absolute atomic E-state index is 12.3. The Morgan fingerprint density at radius 3 is 2.24 bits per heavy atom. The molecule has 0 aliphatic heterocycles. The molecule has 128 valence electrons. The SMILES string of the molecule is Cc1ccc(C(=O)Nc2nc(-c3ccc(C(C)(C)C)cc3)cs2)cc1. The highest BCUT2D eigenvalue weighted by Gasteiger charge is 2.14. The molecule has 25 heavy (non-hydrogen) atoms. The van der Waals surface area contributed by atoms with Crippen LogP contribution in [0, 0.1) is 6.92 Å². The zero-order valence-electron chi connectivity index (χ0n) is 15.0. The van der Waals surface area contributed by atoms with Crippen LogP contribution in [0.2, 0.25) is 0 Å². The molecule has 3 aromatic rings. The molecular formula is C21H22N2OS. The Morgan fingerprint density at radius 2 is 1.64 bits per heavy atom. The fourth-order valence-corrected chi connectivity index (χ4v) is 3.19. The first kappa shape index (κ1) is 17.4. The van der Waals surface area contributed by atoms with Crippen molar-refractivity contribution in [3.8, 4) is 11.3 Å². The molecule has 0 atom stereocenters. The van der Waals surface area contributed by atoms with E-state index in [2.05, 4.69) is 55.3 Å². The third kappa shape index (κ3) is 4.15. The van der Waals surface area contributed by atoms with Gasteiger partial charge in [0.05, 0.1) is 5.69 Å². The summed E-state index contributed by atoms with van der Waals surface area (Å²) in [6.07, 6.45) is 0. The second-order valence-electron chi connectivity index (χ2n) is 7.19. The van der Waals surface area contributed by atoms with E-state index in [0.29, 0.717) is 10.7 Å². The van der Waals surface area contributed by atoms with E-state index in [1.54, 1.807) is 0 Å². The van der Waals surface area contributed by atoms with Gasteiger partial charge in [-0.15, -0.1) is 11.3 Å². The number of hydrogen-bond acceptors (Lipinski definition) is 3. The summed E-state index contributed by atoms with van der Waals surface area (Å²) in [5, 5.41) is 5.45. The van der Waals surface area contributed by atoms with Crippen LogP contribution in [0.3, 0.4) is 0 Å². The summed E-state index contributed by atoms with van der Waals surface area (Å²) in [5.74, 6) is -0.135. The second kappa shape index (κ2) is 6.81. The number of hydrogen-bond donors (Lipinski definition) is 1. The normalized spacial score (nSPS) is 11.4. The predicted octanol–water partition coefficient (Wildman–Crippen LogP) is 5.67. The van der Waals surface area contributed by atoms with Crippen LogP contribution in [-0.4, -0.2) is 10.9 Å². The summed E-state index contributed by atoms with van der Waals surface area (Å²) in [5.41, 5.74) is 5.13. The number of carbonyl (C=O) groups is 1. The van der Waals surface area contributed by atoms with E-state index in [0.717, 1.165) is 16.8 Å². The Kier molecular flexibility index (Phi) is 4.73. The molecule has 0 spiro atoms. The molecule has 4 heteroatoms. The first-order valence-corrected chi connectivity index (χ1v) is 9.15. The minimum absolute atomic E-state index is 0.133. The van der Waals surface area contributed by atoms with E-state index in [1.807, 2.05) is 36.6 Å². The zero-order chi connectivity index (χ0) is 18.0. The molecule has 1 aromatic heterocycles. The van der Waals surface area contributed by atoms with Crippen molar-refractivity contribution >= 4 is 22.4 Å². The lowest BCUT2D eigenvalue weighted by Crippen LogP contribution is -2.11. The molecule has 1 N–H and O–H groups in total. The van der Waals surface area contributed by atoms with Gasteiger partial charge in [0.15, 0.2) is 5.13 Å². The molecule has 1 amide bonds. The van der Waals surface area contributed by atoms with Crippen molar-refractivity contribution in [2.24, 2.45) is 0 Å². The van der Waals surface area contributed by atoms with Crippen LogP contribution in [0.1, 0.15) is 42.3 Å². The topological polar surface area (TPSA) is 42.0 Å². The van der Waals surface area contributed by atoms with Crippen LogP contribution in [0.25, 0.3) is 11.3 Å². The summed E-state index contributed by atoms with van der Waals surface area (Å²) >= 11 is 1.44. The fraction of sp³-hybridized carbons (Fsp3) is 0.238. The lowest BCUT2D eigenvalue weighted by Gasteiger charge is -2.18. The number of carbonyl (C=O) groups excluding carboxylic acids is 1. The molecule has 2 aromatic carbocycles. The first-order valence-electron chi connectivity index (χ1n) is 8.27. The highest BCUT2D eigenvalue weighted by atomic mass is 32.1. The van der Waals surface area contributed by atoms with E-state index in [9.17, 15) is 4.79 Å². The molecular weight excluding hydrogens is 328 g/mol. The van der Waals surface area contributed by atoms with E-state index in [-0.39, 0.29) is 11.3 Å². The van der Waals surface area contributed by atoms with Gasteiger partial charge in [-0.05, 0) is 30.0 Å². The van der Waals surface area contributed by atoms with E-state index >= 15 is 0 Å². The quantitative estimate of drug-likeness (QED) is 0.661. The summed E-state index contributed by atoms with van der Waals surface area (Å²) in [4.78, 5) is 16.8. The van der Waals surface area contributed by atoms with Crippen LogP contribution in [-0.2, 0) is 5.41 Å². The largest absolute Gasteiger partial charge is 0.298 e. The van der Waals surface area contributed by atoms with E-state index < -0.39 is 0 Å². The molecule has 3 nitrogen and oxygen atoms in total. The van der Waals surface area contributed by atoms with Crippen molar-refractivity contribution in [1.29, 1.82) is 0 Å². The summed E-state index contributed by atoms with van der Waals surface area (Å²) in [6, 6.07) is 16.0. The Labute approximate surface area is 152 Å². The molecule has 1 heterocycles.